The number of hydrogen-bond donors (Lipinski definition) is 3. The van der Waals surface area contributed by atoms with Gasteiger partial charge in [-0.05, 0) is 37.1 Å². The Morgan fingerprint density at radius 2 is 1.81 bits per heavy atom. The number of carbonyl (C=O) groups is 2. The van der Waals surface area contributed by atoms with E-state index >= 15 is 0 Å². The van der Waals surface area contributed by atoms with E-state index in [9.17, 15) is 18.4 Å². The van der Waals surface area contributed by atoms with Crippen LogP contribution in [0.25, 0.3) is 28.1 Å². The zero-order valence-corrected chi connectivity index (χ0v) is 22.7. The number of carbonyl (C=O) groups excluding carboxylic acids is 2. The molecule has 42 heavy (non-hydrogen) atoms. The van der Waals surface area contributed by atoms with Gasteiger partial charge in [0.1, 0.15) is 11.9 Å². The molecule has 11 nitrogen and oxygen atoms in total. The summed E-state index contributed by atoms with van der Waals surface area (Å²) in [5.41, 5.74) is 8.23. The molecule has 0 bridgehead atoms. The van der Waals surface area contributed by atoms with Gasteiger partial charge in [-0.1, -0.05) is 36.4 Å². The van der Waals surface area contributed by atoms with E-state index in [1.807, 2.05) is 4.90 Å². The van der Waals surface area contributed by atoms with Crippen molar-refractivity contribution in [2.75, 3.05) is 37.7 Å². The summed E-state index contributed by atoms with van der Waals surface area (Å²) in [6, 6.07) is 14.1. The van der Waals surface area contributed by atoms with Crippen LogP contribution in [0.1, 0.15) is 36.7 Å². The van der Waals surface area contributed by atoms with Gasteiger partial charge in [-0.3, -0.25) is 14.2 Å². The fraction of sp³-hybridized carbons (Fsp3) is 0.345. The number of nitrogens with one attached hydrogen (secondary N) is 2. The predicted molar refractivity (Wildman–Crippen MR) is 151 cm³/mol. The Morgan fingerprint density at radius 3 is 2.50 bits per heavy atom. The number of morpholine rings is 1. The zero-order chi connectivity index (χ0) is 29.2. The molecule has 2 aliphatic heterocycles. The summed E-state index contributed by atoms with van der Waals surface area (Å²) >= 11 is 0. The number of para-hydroxylation sites is 2. The molecule has 0 spiro atoms. The number of primary amides is 1. The van der Waals surface area contributed by atoms with Gasteiger partial charge < -0.3 is 26.0 Å². The number of alkyl halides is 2. The maximum absolute atomic E-state index is 14.2. The van der Waals surface area contributed by atoms with Gasteiger partial charge in [0, 0.05) is 24.7 Å². The smallest absolute Gasteiger partial charge is 0.296 e. The molecule has 0 saturated carbocycles. The number of amides is 2. The van der Waals surface area contributed by atoms with Crippen molar-refractivity contribution in [1.82, 2.24) is 30.2 Å². The van der Waals surface area contributed by atoms with Gasteiger partial charge in [0.2, 0.25) is 17.8 Å². The van der Waals surface area contributed by atoms with Crippen molar-refractivity contribution in [3.63, 3.8) is 0 Å². The molecular weight excluding hydrogens is 546 g/mol. The molecule has 2 fully saturated rings. The summed E-state index contributed by atoms with van der Waals surface area (Å²) in [6.45, 7) is 2.82. The number of anilines is 1. The molecule has 4 N–H and O–H groups in total. The first kappa shape index (κ1) is 27.7. The van der Waals surface area contributed by atoms with Crippen LogP contribution < -0.4 is 21.3 Å². The zero-order valence-electron chi connectivity index (χ0n) is 22.7. The van der Waals surface area contributed by atoms with E-state index < -0.39 is 24.2 Å². The normalized spacial score (nSPS) is 18.0. The van der Waals surface area contributed by atoms with Gasteiger partial charge in [-0.25, -0.2) is 18.7 Å². The third kappa shape index (κ3) is 5.52. The minimum absolute atomic E-state index is 0.251. The molecule has 2 aromatic heterocycles. The Balaban J connectivity index is 1.39. The van der Waals surface area contributed by atoms with Crippen molar-refractivity contribution >= 4 is 28.8 Å². The molecule has 2 aromatic carbocycles. The van der Waals surface area contributed by atoms with Crippen molar-refractivity contribution in [1.29, 1.82) is 0 Å². The molecule has 0 aliphatic carbocycles. The number of nitrogens with zero attached hydrogens (tertiary/aromatic N) is 5. The summed E-state index contributed by atoms with van der Waals surface area (Å²) < 4.78 is 35.2. The van der Waals surface area contributed by atoms with Crippen LogP contribution in [0, 0.1) is 0 Å². The van der Waals surface area contributed by atoms with Gasteiger partial charge >= 0.3 is 0 Å². The number of fused-ring (bicyclic) bond motifs is 1. The molecular formula is C29H30F2N8O3. The van der Waals surface area contributed by atoms with E-state index in [0.29, 0.717) is 66.5 Å². The molecule has 218 valence electrons. The summed E-state index contributed by atoms with van der Waals surface area (Å²) in [5, 5.41) is 5.86. The molecule has 4 aromatic rings. The second kappa shape index (κ2) is 11.8. The summed E-state index contributed by atoms with van der Waals surface area (Å²) in [4.78, 5) is 40.5. The van der Waals surface area contributed by atoms with E-state index in [0.717, 1.165) is 13.0 Å². The average molecular weight is 577 g/mol. The van der Waals surface area contributed by atoms with E-state index in [2.05, 4.69) is 15.6 Å². The van der Waals surface area contributed by atoms with Gasteiger partial charge in [0.25, 0.3) is 6.43 Å². The van der Waals surface area contributed by atoms with E-state index in [1.54, 1.807) is 54.6 Å². The number of halogens is 2. The number of nitrogens with two attached hydrogens (primary N) is 1. The van der Waals surface area contributed by atoms with Gasteiger partial charge in [-0.2, -0.15) is 4.98 Å². The molecule has 6 rings (SSSR count). The van der Waals surface area contributed by atoms with Crippen LogP contribution in [0.5, 0.6) is 0 Å². The Labute approximate surface area is 240 Å². The molecule has 2 saturated heterocycles. The molecule has 2 atom stereocenters. The monoisotopic (exact) mass is 576 g/mol. The number of aromatic nitrogens is 4. The largest absolute Gasteiger partial charge is 0.378 e. The molecule has 13 heteroatoms. The Morgan fingerprint density at radius 1 is 1.05 bits per heavy atom. The van der Waals surface area contributed by atoms with Gasteiger partial charge in [0.15, 0.2) is 5.82 Å². The highest BCUT2D eigenvalue weighted by molar-refractivity contribution is 5.90. The van der Waals surface area contributed by atoms with Crippen molar-refractivity contribution < 1.29 is 23.1 Å². The fourth-order valence-electron chi connectivity index (χ4n) is 5.34. The van der Waals surface area contributed by atoms with Crippen LogP contribution in [0.3, 0.4) is 0 Å². The number of benzene rings is 2. The standard InChI is InChI=1S/C29H30F2N8O3/c30-25(31)27-34-19-4-1-2-6-22(19)39(27)23-16-21(35-29(36-23)38-12-14-42-15-13-38)17-7-9-18(10-8-17)24(26(32)40)37-28(41)20-5-3-11-33-20/h1-2,4,6-10,16,20,24-25,33H,3,5,11-15H2,(H2,32,40)(H,37,41). The highest BCUT2D eigenvalue weighted by Crippen LogP contribution is 2.31. The topological polar surface area (TPSA) is 140 Å². The van der Waals surface area contributed by atoms with Gasteiger partial charge in [0.05, 0.1) is 36.0 Å². The van der Waals surface area contributed by atoms with E-state index in [-0.39, 0.29) is 17.8 Å². The lowest BCUT2D eigenvalue weighted by Crippen LogP contribution is -2.45. The fourth-order valence-corrected chi connectivity index (χ4v) is 5.34. The average Bonchev–Trinajstić information content (AvgIpc) is 3.69. The third-order valence-corrected chi connectivity index (χ3v) is 7.49. The van der Waals surface area contributed by atoms with Crippen molar-refractivity contribution in [3.05, 3.63) is 66.0 Å². The lowest BCUT2D eigenvalue weighted by atomic mass is 10.0. The van der Waals surface area contributed by atoms with Crippen LogP contribution in [0.2, 0.25) is 0 Å². The molecule has 4 heterocycles. The minimum Gasteiger partial charge on any atom is -0.378 e. The number of rotatable bonds is 8. The second-order valence-electron chi connectivity index (χ2n) is 10.2. The van der Waals surface area contributed by atoms with E-state index in [1.165, 1.54) is 4.57 Å². The van der Waals surface area contributed by atoms with Gasteiger partial charge in [-0.15, -0.1) is 0 Å². The molecule has 2 aliphatic rings. The lowest BCUT2D eigenvalue weighted by Gasteiger charge is -2.27. The maximum atomic E-state index is 14.2. The SMILES string of the molecule is NC(=O)C(NC(=O)C1CCCN1)c1ccc(-c2cc(-n3c(C(F)F)nc4ccccc43)nc(N3CCOCC3)n2)cc1. The van der Waals surface area contributed by atoms with Crippen LogP contribution in [-0.2, 0) is 14.3 Å². The van der Waals surface area contributed by atoms with Crippen molar-refractivity contribution in [2.45, 2.75) is 31.4 Å². The second-order valence-corrected chi connectivity index (χ2v) is 10.2. The maximum Gasteiger partial charge on any atom is 0.296 e. The first-order chi connectivity index (χ1) is 20.4. The highest BCUT2D eigenvalue weighted by atomic mass is 19.3. The predicted octanol–water partition coefficient (Wildman–Crippen LogP) is 2.65. The first-order valence-corrected chi connectivity index (χ1v) is 13.8. The quantitative estimate of drug-likeness (QED) is 0.291. The minimum atomic E-state index is -2.83. The first-order valence-electron chi connectivity index (χ1n) is 13.8. The lowest BCUT2D eigenvalue weighted by molar-refractivity contribution is -0.128. The van der Waals surface area contributed by atoms with Crippen LogP contribution >= 0.6 is 0 Å². The molecule has 2 unspecified atom stereocenters. The Hall–Kier alpha value is -4.49. The van der Waals surface area contributed by atoms with Crippen molar-refractivity contribution in [2.24, 2.45) is 5.73 Å². The van der Waals surface area contributed by atoms with Crippen LogP contribution in [-0.4, -0.2) is 70.2 Å². The number of hydrogen-bond acceptors (Lipinski definition) is 8. The number of ether oxygens (including phenoxy) is 1. The summed E-state index contributed by atoms with van der Waals surface area (Å²) in [7, 11) is 0. The molecule has 0 radical (unpaired) electrons. The van der Waals surface area contributed by atoms with Crippen LogP contribution in [0.4, 0.5) is 14.7 Å². The Kier molecular flexibility index (Phi) is 7.76. The highest BCUT2D eigenvalue weighted by Gasteiger charge is 2.28. The summed E-state index contributed by atoms with van der Waals surface area (Å²) in [6.07, 6.45) is -1.26. The van der Waals surface area contributed by atoms with Crippen molar-refractivity contribution in [3.8, 4) is 17.1 Å². The summed E-state index contributed by atoms with van der Waals surface area (Å²) in [5.74, 6) is -0.751. The third-order valence-electron chi connectivity index (χ3n) is 7.49. The van der Waals surface area contributed by atoms with E-state index in [4.69, 9.17) is 20.4 Å². The van der Waals surface area contributed by atoms with Crippen LogP contribution in [0.15, 0.2) is 54.6 Å². The Bertz CT molecular complexity index is 1600. The molecule has 2 amide bonds. The number of imidazole rings is 1.